The number of aliphatic hydroxyl groups excluding tert-OH is 1. The van der Waals surface area contributed by atoms with E-state index in [4.69, 9.17) is 10.5 Å². The molecule has 5 heteroatoms. The van der Waals surface area contributed by atoms with Crippen molar-refractivity contribution in [1.29, 1.82) is 0 Å². The van der Waals surface area contributed by atoms with Gasteiger partial charge in [0.2, 0.25) is 5.88 Å². The molecule has 100 valence electrons. The highest BCUT2D eigenvalue weighted by atomic mass is 16.5. The average molecular weight is 251 g/mol. The van der Waals surface area contributed by atoms with Gasteiger partial charge in [0, 0.05) is 12.6 Å². The summed E-state index contributed by atoms with van der Waals surface area (Å²) in [5.74, 6) is 1.83. The van der Waals surface area contributed by atoms with E-state index < -0.39 is 0 Å². The minimum absolute atomic E-state index is 0.110. The van der Waals surface area contributed by atoms with Crippen LogP contribution in [0.2, 0.25) is 0 Å². The van der Waals surface area contributed by atoms with Gasteiger partial charge in [0.05, 0.1) is 18.9 Å². The number of ether oxygens (including phenoxy) is 1. The molecule has 0 unspecified atom stereocenters. The average Bonchev–Trinajstić information content (AvgIpc) is 2.40. The second-order valence-electron chi connectivity index (χ2n) is 4.85. The van der Waals surface area contributed by atoms with Gasteiger partial charge in [-0.2, -0.15) is 4.98 Å². The van der Waals surface area contributed by atoms with Gasteiger partial charge in [-0.25, -0.2) is 0 Å². The Bertz CT molecular complexity index is 390. The molecule has 0 radical (unpaired) electrons. The Labute approximate surface area is 107 Å². The molecule has 0 saturated heterocycles. The second kappa shape index (κ2) is 5.91. The minimum Gasteiger partial charge on any atom is -0.481 e. The maximum Gasteiger partial charge on any atom is 0.215 e. The van der Waals surface area contributed by atoms with Crippen LogP contribution in [0.15, 0.2) is 12.1 Å². The fourth-order valence-electron chi connectivity index (χ4n) is 2.30. The van der Waals surface area contributed by atoms with Gasteiger partial charge < -0.3 is 20.9 Å². The van der Waals surface area contributed by atoms with Crippen molar-refractivity contribution in [2.45, 2.75) is 31.8 Å². The predicted molar refractivity (Wildman–Crippen MR) is 71.7 cm³/mol. The Morgan fingerprint density at radius 1 is 1.39 bits per heavy atom. The van der Waals surface area contributed by atoms with Crippen molar-refractivity contribution >= 4 is 11.5 Å². The van der Waals surface area contributed by atoms with Gasteiger partial charge in [-0.1, -0.05) is 0 Å². The molecule has 1 aromatic rings. The van der Waals surface area contributed by atoms with E-state index in [0.717, 1.165) is 32.2 Å². The van der Waals surface area contributed by atoms with Crippen LogP contribution in [0.3, 0.4) is 0 Å². The van der Waals surface area contributed by atoms with E-state index in [9.17, 15) is 5.11 Å². The van der Waals surface area contributed by atoms with E-state index in [0.29, 0.717) is 23.3 Å². The van der Waals surface area contributed by atoms with E-state index in [2.05, 4.69) is 10.3 Å². The van der Waals surface area contributed by atoms with Crippen LogP contribution in [0.1, 0.15) is 25.7 Å². The minimum atomic E-state index is -0.110. The third-order valence-electron chi connectivity index (χ3n) is 3.48. The van der Waals surface area contributed by atoms with Crippen molar-refractivity contribution in [3.05, 3.63) is 12.1 Å². The van der Waals surface area contributed by atoms with Crippen molar-refractivity contribution in [2.75, 3.05) is 24.7 Å². The highest BCUT2D eigenvalue weighted by Crippen LogP contribution is 2.26. The number of nitrogens with one attached hydrogen (secondary N) is 1. The first-order valence-corrected chi connectivity index (χ1v) is 6.41. The van der Waals surface area contributed by atoms with Crippen LogP contribution in [0.25, 0.3) is 0 Å². The van der Waals surface area contributed by atoms with Gasteiger partial charge in [0.25, 0.3) is 0 Å². The maximum absolute atomic E-state index is 9.46. The predicted octanol–water partition coefficient (Wildman–Crippen LogP) is 1.64. The van der Waals surface area contributed by atoms with Gasteiger partial charge in [-0.3, -0.25) is 0 Å². The fourth-order valence-corrected chi connectivity index (χ4v) is 2.30. The molecular weight excluding hydrogens is 230 g/mol. The number of anilines is 2. The standard InChI is InChI=1S/C13H21N3O2/c1-18-12-7-6-11(14)13(16-12)15-8-9-2-4-10(17)5-3-9/h6-7,9-10,17H,2-5,8,14H2,1H3,(H,15,16). The molecule has 1 aliphatic carbocycles. The van der Waals surface area contributed by atoms with E-state index >= 15 is 0 Å². The first-order chi connectivity index (χ1) is 8.69. The van der Waals surface area contributed by atoms with Gasteiger partial charge in [0.1, 0.15) is 0 Å². The summed E-state index contributed by atoms with van der Waals surface area (Å²) in [6.07, 6.45) is 3.79. The number of aliphatic hydroxyl groups is 1. The van der Waals surface area contributed by atoms with Gasteiger partial charge in [-0.05, 0) is 37.7 Å². The number of nitrogens with zero attached hydrogens (tertiary/aromatic N) is 1. The number of methoxy groups -OCH3 is 1. The first kappa shape index (κ1) is 13.0. The third-order valence-corrected chi connectivity index (χ3v) is 3.48. The van der Waals surface area contributed by atoms with Gasteiger partial charge in [-0.15, -0.1) is 0 Å². The number of rotatable bonds is 4. The third kappa shape index (κ3) is 3.26. The Balaban J connectivity index is 1.89. The molecule has 4 N–H and O–H groups in total. The summed E-state index contributed by atoms with van der Waals surface area (Å²) >= 11 is 0. The SMILES string of the molecule is COc1ccc(N)c(NCC2CCC(O)CC2)n1. The molecule has 18 heavy (non-hydrogen) atoms. The van der Waals surface area contributed by atoms with E-state index in [1.165, 1.54) is 0 Å². The van der Waals surface area contributed by atoms with Crippen molar-refractivity contribution < 1.29 is 9.84 Å². The van der Waals surface area contributed by atoms with Crippen LogP contribution in [0.5, 0.6) is 5.88 Å². The van der Waals surface area contributed by atoms with Crippen LogP contribution in [-0.4, -0.2) is 29.8 Å². The summed E-state index contributed by atoms with van der Waals surface area (Å²) in [5.41, 5.74) is 6.49. The highest BCUT2D eigenvalue weighted by molar-refractivity contribution is 5.61. The molecule has 0 atom stereocenters. The van der Waals surface area contributed by atoms with E-state index in [-0.39, 0.29) is 6.10 Å². The highest BCUT2D eigenvalue weighted by Gasteiger charge is 2.19. The molecule has 0 amide bonds. The lowest BCUT2D eigenvalue weighted by Gasteiger charge is -2.25. The molecule has 0 aliphatic heterocycles. The Kier molecular flexibility index (Phi) is 4.25. The zero-order valence-electron chi connectivity index (χ0n) is 10.7. The Hall–Kier alpha value is -1.49. The van der Waals surface area contributed by atoms with Gasteiger partial charge >= 0.3 is 0 Å². The van der Waals surface area contributed by atoms with Crippen LogP contribution in [0, 0.1) is 5.92 Å². The van der Waals surface area contributed by atoms with E-state index in [1.54, 1.807) is 19.2 Å². The first-order valence-electron chi connectivity index (χ1n) is 6.41. The summed E-state index contributed by atoms with van der Waals surface area (Å²) < 4.78 is 5.08. The molecule has 1 aromatic heterocycles. The van der Waals surface area contributed by atoms with Crippen molar-refractivity contribution in [3.8, 4) is 5.88 Å². The second-order valence-corrected chi connectivity index (χ2v) is 4.85. The molecule has 1 aliphatic rings. The number of nitrogen functional groups attached to an aromatic ring is 1. The molecule has 5 nitrogen and oxygen atoms in total. The number of nitrogens with two attached hydrogens (primary N) is 1. The van der Waals surface area contributed by atoms with Crippen molar-refractivity contribution in [1.82, 2.24) is 4.98 Å². The lowest BCUT2D eigenvalue weighted by molar-refractivity contribution is 0.111. The number of pyridine rings is 1. The molecule has 1 fully saturated rings. The molecule has 0 bridgehead atoms. The van der Waals surface area contributed by atoms with Crippen LogP contribution >= 0.6 is 0 Å². The zero-order valence-corrected chi connectivity index (χ0v) is 10.7. The topological polar surface area (TPSA) is 80.4 Å². The zero-order chi connectivity index (χ0) is 13.0. The van der Waals surface area contributed by atoms with Crippen molar-refractivity contribution in [2.24, 2.45) is 5.92 Å². The largest absolute Gasteiger partial charge is 0.481 e. The summed E-state index contributed by atoms with van der Waals surface area (Å²) in [5, 5.41) is 12.7. The number of aromatic nitrogens is 1. The number of hydrogen-bond acceptors (Lipinski definition) is 5. The fraction of sp³-hybridized carbons (Fsp3) is 0.615. The van der Waals surface area contributed by atoms with Crippen LogP contribution in [-0.2, 0) is 0 Å². The Morgan fingerprint density at radius 3 is 2.78 bits per heavy atom. The molecule has 0 spiro atoms. The summed E-state index contributed by atoms with van der Waals surface area (Å²) in [6.45, 7) is 0.844. The monoisotopic (exact) mass is 251 g/mol. The molecule has 0 aromatic carbocycles. The number of hydrogen-bond donors (Lipinski definition) is 3. The summed E-state index contributed by atoms with van der Waals surface area (Å²) in [7, 11) is 1.59. The summed E-state index contributed by atoms with van der Waals surface area (Å²) in [6, 6.07) is 3.54. The Morgan fingerprint density at radius 2 is 2.11 bits per heavy atom. The lowest BCUT2D eigenvalue weighted by atomic mass is 9.87. The summed E-state index contributed by atoms with van der Waals surface area (Å²) in [4.78, 5) is 4.28. The molecule has 1 heterocycles. The van der Waals surface area contributed by atoms with Gasteiger partial charge in [0.15, 0.2) is 5.82 Å². The smallest absolute Gasteiger partial charge is 0.215 e. The molecule has 1 saturated carbocycles. The lowest BCUT2D eigenvalue weighted by Crippen LogP contribution is -2.24. The quantitative estimate of drug-likeness (QED) is 0.758. The van der Waals surface area contributed by atoms with E-state index in [1.807, 2.05) is 0 Å². The maximum atomic E-state index is 9.46. The molecular formula is C13H21N3O2. The normalized spacial score (nSPS) is 23.7. The van der Waals surface area contributed by atoms with Crippen LogP contribution < -0.4 is 15.8 Å². The van der Waals surface area contributed by atoms with Crippen molar-refractivity contribution in [3.63, 3.8) is 0 Å². The molecule has 2 rings (SSSR count). The van der Waals surface area contributed by atoms with Crippen LogP contribution in [0.4, 0.5) is 11.5 Å².